The highest BCUT2D eigenvalue weighted by Gasteiger charge is 2.39. The molecule has 0 aromatic carbocycles. The van der Waals surface area contributed by atoms with Crippen molar-refractivity contribution >= 4 is 6.03 Å². The molecule has 1 fully saturated rings. The molecule has 0 spiro atoms. The van der Waals surface area contributed by atoms with Crippen LogP contribution in [0.25, 0.3) is 0 Å². The molecule has 0 heterocycles. The summed E-state index contributed by atoms with van der Waals surface area (Å²) in [5, 5.41) is 2.86. The van der Waals surface area contributed by atoms with Gasteiger partial charge in [-0.15, -0.1) is 0 Å². The number of hydrogen-bond acceptors (Lipinski definition) is 2. The van der Waals surface area contributed by atoms with Gasteiger partial charge >= 0.3 is 6.03 Å². The molecule has 100 valence electrons. The van der Waals surface area contributed by atoms with Crippen LogP contribution in [0, 0.1) is 5.92 Å². The Hall–Kier alpha value is -0.770. The van der Waals surface area contributed by atoms with E-state index in [1.54, 1.807) is 0 Å². The lowest BCUT2D eigenvalue weighted by Crippen LogP contribution is -2.58. The Kier molecular flexibility index (Phi) is 5.25. The van der Waals surface area contributed by atoms with Gasteiger partial charge in [0.15, 0.2) is 0 Å². The molecule has 1 aliphatic rings. The quantitative estimate of drug-likeness (QED) is 0.790. The van der Waals surface area contributed by atoms with Crippen LogP contribution in [-0.4, -0.2) is 36.6 Å². The topological polar surface area (TPSA) is 58.4 Å². The molecule has 0 saturated heterocycles. The predicted molar refractivity (Wildman–Crippen MR) is 70.9 cm³/mol. The predicted octanol–water partition coefficient (Wildman–Crippen LogP) is 1.95. The second kappa shape index (κ2) is 6.24. The SMILES string of the molecule is CCNC(=O)N(C)C1(CN)CCC(CC)CC1. The number of nitrogens with one attached hydrogen (secondary N) is 1. The average molecular weight is 241 g/mol. The van der Waals surface area contributed by atoms with Gasteiger partial charge in [-0.05, 0) is 38.5 Å². The number of carbonyl (C=O) groups is 1. The lowest BCUT2D eigenvalue weighted by atomic mass is 9.75. The van der Waals surface area contributed by atoms with E-state index >= 15 is 0 Å². The summed E-state index contributed by atoms with van der Waals surface area (Å²) in [5.41, 5.74) is 5.82. The second-order valence-corrected chi connectivity index (χ2v) is 5.17. The lowest BCUT2D eigenvalue weighted by Gasteiger charge is -2.45. The molecule has 0 atom stereocenters. The van der Waals surface area contributed by atoms with E-state index in [1.807, 2.05) is 18.9 Å². The van der Waals surface area contributed by atoms with Gasteiger partial charge in [0.25, 0.3) is 0 Å². The molecule has 4 heteroatoms. The van der Waals surface area contributed by atoms with Crippen LogP contribution in [0.2, 0.25) is 0 Å². The van der Waals surface area contributed by atoms with E-state index in [0.717, 1.165) is 18.8 Å². The molecular formula is C13H27N3O. The molecule has 0 aromatic rings. The molecule has 3 N–H and O–H groups in total. The van der Waals surface area contributed by atoms with Gasteiger partial charge in [0, 0.05) is 20.1 Å². The van der Waals surface area contributed by atoms with Crippen LogP contribution in [0.15, 0.2) is 0 Å². The maximum Gasteiger partial charge on any atom is 0.317 e. The number of likely N-dealkylation sites (N-methyl/N-ethyl adjacent to an activating group) is 1. The van der Waals surface area contributed by atoms with Gasteiger partial charge in [0.2, 0.25) is 0 Å². The summed E-state index contributed by atoms with van der Waals surface area (Å²) in [7, 11) is 1.88. The smallest absolute Gasteiger partial charge is 0.317 e. The molecule has 2 amide bonds. The second-order valence-electron chi connectivity index (χ2n) is 5.17. The fourth-order valence-corrected chi connectivity index (χ4v) is 2.78. The van der Waals surface area contributed by atoms with Gasteiger partial charge in [-0.1, -0.05) is 13.3 Å². The van der Waals surface area contributed by atoms with Gasteiger partial charge in [0.1, 0.15) is 0 Å². The fourth-order valence-electron chi connectivity index (χ4n) is 2.78. The number of rotatable bonds is 4. The van der Waals surface area contributed by atoms with E-state index in [9.17, 15) is 4.79 Å². The zero-order chi connectivity index (χ0) is 12.9. The first-order valence-electron chi connectivity index (χ1n) is 6.81. The summed E-state index contributed by atoms with van der Waals surface area (Å²) in [6, 6.07) is 0.00731. The Morgan fingerprint density at radius 1 is 1.41 bits per heavy atom. The molecule has 1 aliphatic carbocycles. The van der Waals surface area contributed by atoms with Crippen molar-refractivity contribution in [3.63, 3.8) is 0 Å². The maximum absolute atomic E-state index is 11.9. The molecule has 0 aliphatic heterocycles. The van der Waals surface area contributed by atoms with E-state index in [4.69, 9.17) is 5.73 Å². The normalized spacial score (nSPS) is 28.8. The summed E-state index contributed by atoms with van der Waals surface area (Å²) in [6.45, 7) is 5.42. The molecule has 1 rings (SSSR count). The number of nitrogens with two attached hydrogens (primary N) is 1. The molecule has 4 nitrogen and oxygen atoms in total. The van der Waals surface area contributed by atoms with Gasteiger partial charge in [0.05, 0.1) is 5.54 Å². The maximum atomic E-state index is 11.9. The minimum atomic E-state index is -0.120. The Labute approximate surface area is 105 Å². The minimum Gasteiger partial charge on any atom is -0.338 e. The summed E-state index contributed by atoms with van der Waals surface area (Å²) in [4.78, 5) is 13.8. The van der Waals surface area contributed by atoms with Crippen molar-refractivity contribution in [2.24, 2.45) is 11.7 Å². The highest BCUT2D eigenvalue weighted by molar-refractivity contribution is 5.74. The molecule has 0 radical (unpaired) electrons. The Morgan fingerprint density at radius 2 is 2.00 bits per heavy atom. The summed E-state index contributed by atoms with van der Waals surface area (Å²) >= 11 is 0. The Bertz CT molecular complexity index is 247. The first kappa shape index (κ1) is 14.3. The van der Waals surface area contributed by atoms with Gasteiger partial charge in [-0.3, -0.25) is 0 Å². The number of hydrogen-bond donors (Lipinski definition) is 2. The fraction of sp³-hybridized carbons (Fsp3) is 0.923. The minimum absolute atomic E-state index is 0.00731. The van der Waals surface area contributed by atoms with Crippen LogP contribution in [-0.2, 0) is 0 Å². The molecular weight excluding hydrogens is 214 g/mol. The van der Waals surface area contributed by atoms with E-state index in [0.29, 0.717) is 13.1 Å². The number of carbonyl (C=O) groups excluding carboxylic acids is 1. The highest BCUT2D eigenvalue weighted by atomic mass is 16.2. The summed E-state index contributed by atoms with van der Waals surface area (Å²) < 4.78 is 0. The van der Waals surface area contributed by atoms with Gasteiger partial charge in [-0.2, -0.15) is 0 Å². The van der Waals surface area contributed by atoms with E-state index < -0.39 is 0 Å². The first-order chi connectivity index (χ1) is 8.09. The highest BCUT2D eigenvalue weighted by Crippen LogP contribution is 2.36. The van der Waals surface area contributed by atoms with E-state index in [1.165, 1.54) is 19.3 Å². The molecule has 0 aromatic heterocycles. The van der Waals surface area contributed by atoms with Crippen molar-refractivity contribution in [3.8, 4) is 0 Å². The summed E-state index contributed by atoms with van der Waals surface area (Å²) in [5.74, 6) is 0.817. The summed E-state index contributed by atoms with van der Waals surface area (Å²) in [6.07, 6.45) is 5.70. The zero-order valence-electron chi connectivity index (χ0n) is 11.5. The number of nitrogens with zero attached hydrogens (tertiary/aromatic N) is 1. The van der Waals surface area contributed by atoms with Crippen LogP contribution in [0.3, 0.4) is 0 Å². The molecule has 0 unspecified atom stereocenters. The van der Waals surface area contributed by atoms with Crippen LogP contribution >= 0.6 is 0 Å². The van der Waals surface area contributed by atoms with Gasteiger partial charge in [-0.25, -0.2) is 4.79 Å². The first-order valence-corrected chi connectivity index (χ1v) is 6.81. The van der Waals surface area contributed by atoms with Crippen molar-refractivity contribution in [2.75, 3.05) is 20.1 Å². The third-order valence-corrected chi connectivity index (χ3v) is 4.34. The van der Waals surface area contributed by atoms with Crippen molar-refractivity contribution in [2.45, 2.75) is 51.5 Å². The lowest BCUT2D eigenvalue weighted by molar-refractivity contribution is 0.0864. The van der Waals surface area contributed by atoms with Crippen LogP contribution in [0.4, 0.5) is 4.79 Å². The largest absolute Gasteiger partial charge is 0.338 e. The van der Waals surface area contributed by atoms with Crippen LogP contribution in [0.5, 0.6) is 0 Å². The van der Waals surface area contributed by atoms with E-state index in [2.05, 4.69) is 12.2 Å². The number of amides is 2. The third-order valence-electron chi connectivity index (χ3n) is 4.34. The standard InChI is InChI=1S/C13H27N3O/c1-4-11-6-8-13(10-14,9-7-11)16(3)12(17)15-5-2/h11H,4-10,14H2,1-3H3,(H,15,17). The monoisotopic (exact) mass is 241 g/mol. The number of urea groups is 1. The van der Waals surface area contributed by atoms with E-state index in [-0.39, 0.29) is 11.6 Å². The average Bonchev–Trinajstić information content (AvgIpc) is 2.38. The third kappa shape index (κ3) is 3.12. The van der Waals surface area contributed by atoms with Crippen molar-refractivity contribution < 1.29 is 4.79 Å². The Morgan fingerprint density at radius 3 is 2.41 bits per heavy atom. The van der Waals surface area contributed by atoms with Crippen molar-refractivity contribution in [3.05, 3.63) is 0 Å². The molecule has 1 saturated carbocycles. The van der Waals surface area contributed by atoms with Crippen molar-refractivity contribution in [1.82, 2.24) is 10.2 Å². The Balaban J connectivity index is 2.66. The zero-order valence-corrected chi connectivity index (χ0v) is 11.5. The molecule has 0 bridgehead atoms. The van der Waals surface area contributed by atoms with Crippen molar-refractivity contribution in [1.29, 1.82) is 0 Å². The van der Waals surface area contributed by atoms with Gasteiger partial charge < -0.3 is 16.0 Å². The molecule has 17 heavy (non-hydrogen) atoms. The van der Waals surface area contributed by atoms with Crippen LogP contribution < -0.4 is 11.1 Å². The van der Waals surface area contributed by atoms with Crippen LogP contribution in [0.1, 0.15) is 46.0 Å².